The summed E-state index contributed by atoms with van der Waals surface area (Å²) < 4.78 is 11.0. The third kappa shape index (κ3) is 3.63. The van der Waals surface area contributed by atoms with E-state index in [-0.39, 0.29) is 23.5 Å². The maximum atomic E-state index is 11.0. The number of ether oxygens (including phenoxy) is 2. The predicted molar refractivity (Wildman–Crippen MR) is 82.1 cm³/mol. The monoisotopic (exact) mass is 347 g/mol. The van der Waals surface area contributed by atoms with Crippen molar-refractivity contribution in [1.29, 1.82) is 0 Å². The number of carbonyl (C=O) groups is 1. The average molecular weight is 348 g/mol. The van der Waals surface area contributed by atoms with Crippen LogP contribution in [0, 0.1) is 0 Å². The van der Waals surface area contributed by atoms with Gasteiger partial charge in [-0.3, -0.25) is 0 Å². The van der Waals surface area contributed by atoms with Gasteiger partial charge in [0, 0.05) is 18.2 Å². The van der Waals surface area contributed by atoms with Gasteiger partial charge in [-0.15, -0.1) is 0 Å². The molecule has 0 radical (unpaired) electrons. The molecule has 120 valence electrons. The van der Waals surface area contributed by atoms with E-state index in [9.17, 15) is 4.79 Å². The molecular weight excluding hydrogens is 333 g/mol. The molecule has 6 nitrogen and oxygen atoms in total. The van der Waals surface area contributed by atoms with Crippen LogP contribution in [0.5, 0.6) is 5.75 Å². The van der Waals surface area contributed by atoms with E-state index >= 15 is 0 Å². The highest BCUT2D eigenvalue weighted by Gasteiger charge is 2.29. The molecule has 0 fully saturated rings. The van der Waals surface area contributed by atoms with Crippen LogP contribution in [-0.4, -0.2) is 42.2 Å². The van der Waals surface area contributed by atoms with Gasteiger partial charge in [0.05, 0.1) is 10.0 Å². The van der Waals surface area contributed by atoms with E-state index in [0.717, 1.165) is 0 Å². The van der Waals surface area contributed by atoms with Crippen LogP contribution in [0.4, 0.5) is 0 Å². The number of aliphatic carboxylic acids is 1. The molecule has 0 aliphatic carbocycles. The second kappa shape index (κ2) is 7.17. The van der Waals surface area contributed by atoms with Gasteiger partial charge in [-0.25, -0.2) is 4.79 Å². The number of hydrogen-bond donors (Lipinski definition) is 1. The highest BCUT2D eigenvalue weighted by molar-refractivity contribution is 6.42. The van der Waals surface area contributed by atoms with Crippen molar-refractivity contribution in [2.24, 2.45) is 5.16 Å². The molecular formula is C14H15Cl2NO5. The first-order valence-electron chi connectivity index (χ1n) is 6.64. The largest absolute Gasteiger partial charge is 0.479 e. The lowest BCUT2D eigenvalue weighted by atomic mass is 10.0. The summed E-state index contributed by atoms with van der Waals surface area (Å²) in [5.41, 5.74) is 0.992. The molecule has 1 unspecified atom stereocenters. The maximum absolute atomic E-state index is 11.0. The summed E-state index contributed by atoms with van der Waals surface area (Å²) in [5, 5.41) is 13.5. The van der Waals surface area contributed by atoms with Gasteiger partial charge in [0.1, 0.15) is 24.2 Å². The highest BCUT2D eigenvalue weighted by atomic mass is 35.5. The SMILES string of the molecule is CCOC1CON=C1c1cc(Cl)c(Cl)cc1O[C@@H](C)C(=O)O. The third-order valence-corrected chi connectivity index (χ3v) is 3.73. The van der Waals surface area contributed by atoms with Crippen molar-refractivity contribution < 1.29 is 24.2 Å². The molecule has 1 aliphatic rings. The van der Waals surface area contributed by atoms with E-state index in [2.05, 4.69) is 5.16 Å². The van der Waals surface area contributed by atoms with Crippen LogP contribution in [0.15, 0.2) is 17.3 Å². The molecule has 0 amide bonds. The molecule has 0 saturated carbocycles. The van der Waals surface area contributed by atoms with Gasteiger partial charge in [-0.1, -0.05) is 28.4 Å². The number of benzene rings is 1. The van der Waals surface area contributed by atoms with Crippen LogP contribution in [0.25, 0.3) is 0 Å². The Kier molecular flexibility index (Phi) is 5.50. The van der Waals surface area contributed by atoms with E-state index in [0.29, 0.717) is 22.9 Å². The minimum Gasteiger partial charge on any atom is -0.479 e. The molecule has 0 spiro atoms. The molecule has 1 aliphatic heterocycles. The molecule has 8 heteroatoms. The Morgan fingerprint density at radius 2 is 2.18 bits per heavy atom. The lowest BCUT2D eigenvalue weighted by Gasteiger charge is -2.17. The quantitative estimate of drug-likeness (QED) is 0.855. The standard InChI is InChI=1S/C14H15Cl2NO5/c1-3-20-12-6-21-17-13(12)8-4-9(15)10(16)5-11(8)22-7(2)14(18)19/h4-5,7,12H,3,6H2,1-2H3,(H,18,19)/t7-,12?/m0/s1. The molecule has 2 atom stereocenters. The first kappa shape index (κ1) is 16.9. The van der Waals surface area contributed by atoms with Crippen LogP contribution >= 0.6 is 23.2 Å². The van der Waals surface area contributed by atoms with E-state index in [1.165, 1.54) is 13.0 Å². The van der Waals surface area contributed by atoms with Crippen LogP contribution in [0.3, 0.4) is 0 Å². The van der Waals surface area contributed by atoms with E-state index < -0.39 is 12.1 Å². The predicted octanol–water partition coefficient (Wildman–Crippen LogP) is 2.98. The first-order chi connectivity index (χ1) is 10.4. The van der Waals surface area contributed by atoms with E-state index in [1.54, 1.807) is 6.07 Å². The molecule has 1 aromatic rings. The molecule has 1 N–H and O–H groups in total. The lowest BCUT2D eigenvalue weighted by molar-refractivity contribution is -0.144. The summed E-state index contributed by atoms with van der Waals surface area (Å²) >= 11 is 12.0. The van der Waals surface area contributed by atoms with Crippen LogP contribution in [0.2, 0.25) is 10.0 Å². The molecule has 22 heavy (non-hydrogen) atoms. The number of carboxylic acids is 1. The minimum absolute atomic E-state index is 0.255. The van der Waals surface area contributed by atoms with E-state index in [1.807, 2.05) is 6.92 Å². The van der Waals surface area contributed by atoms with Crippen LogP contribution < -0.4 is 4.74 Å². The molecule has 0 saturated heterocycles. The zero-order valence-corrected chi connectivity index (χ0v) is 13.5. The number of nitrogens with zero attached hydrogens (tertiary/aromatic N) is 1. The summed E-state index contributed by atoms with van der Waals surface area (Å²) in [6.07, 6.45) is -1.42. The summed E-state index contributed by atoms with van der Waals surface area (Å²) in [6.45, 7) is 4.03. The van der Waals surface area contributed by atoms with Crippen molar-refractivity contribution in [2.75, 3.05) is 13.2 Å². The molecule has 1 aromatic carbocycles. The molecule has 0 bridgehead atoms. The Morgan fingerprint density at radius 1 is 1.50 bits per heavy atom. The normalized spacial score (nSPS) is 18.5. The van der Waals surface area contributed by atoms with Gasteiger partial charge >= 0.3 is 5.97 Å². The number of carboxylic acid groups (broad SMARTS) is 1. The molecule has 1 heterocycles. The molecule has 0 aromatic heterocycles. The van der Waals surface area contributed by atoms with Gasteiger partial charge in [-0.2, -0.15) is 0 Å². The topological polar surface area (TPSA) is 77.3 Å². The second-order valence-corrected chi connectivity index (χ2v) is 5.39. The van der Waals surface area contributed by atoms with Gasteiger partial charge in [0.2, 0.25) is 0 Å². The summed E-state index contributed by atoms with van der Waals surface area (Å²) in [4.78, 5) is 16.1. The fraction of sp³-hybridized carbons (Fsp3) is 0.429. The fourth-order valence-corrected chi connectivity index (χ4v) is 2.25. The van der Waals surface area contributed by atoms with Crippen LogP contribution in [-0.2, 0) is 14.4 Å². The Bertz CT molecular complexity index is 605. The Labute approximate surface area is 137 Å². The summed E-state index contributed by atoms with van der Waals surface area (Å²) in [5.74, 6) is -0.832. The van der Waals surface area contributed by atoms with Crippen molar-refractivity contribution in [1.82, 2.24) is 0 Å². The van der Waals surface area contributed by atoms with Gasteiger partial charge in [-0.05, 0) is 19.9 Å². The van der Waals surface area contributed by atoms with Gasteiger partial charge in [0.15, 0.2) is 6.10 Å². The van der Waals surface area contributed by atoms with Gasteiger partial charge < -0.3 is 19.4 Å². The zero-order chi connectivity index (χ0) is 16.3. The number of halogens is 2. The summed E-state index contributed by atoms with van der Waals surface area (Å²) in [7, 11) is 0. The minimum atomic E-state index is -1.09. The van der Waals surface area contributed by atoms with E-state index in [4.69, 9.17) is 42.6 Å². The first-order valence-corrected chi connectivity index (χ1v) is 7.40. The lowest BCUT2D eigenvalue weighted by Crippen LogP contribution is -2.27. The number of hydrogen-bond acceptors (Lipinski definition) is 5. The van der Waals surface area contributed by atoms with Gasteiger partial charge in [0.25, 0.3) is 0 Å². The Balaban J connectivity index is 2.41. The Morgan fingerprint density at radius 3 is 2.82 bits per heavy atom. The van der Waals surface area contributed by atoms with Crippen LogP contribution in [0.1, 0.15) is 19.4 Å². The highest BCUT2D eigenvalue weighted by Crippen LogP contribution is 2.33. The van der Waals surface area contributed by atoms with Crippen molar-refractivity contribution >= 4 is 34.9 Å². The smallest absolute Gasteiger partial charge is 0.344 e. The number of oxime groups is 1. The average Bonchev–Trinajstić information content (AvgIpc) is 2.91. The van der Waals surface area contributed by atoms with Crippen molar-refractivity contribution in [3.63, 3.8) is 0 Å². The molecule has 2 rings (SSSR count). The van der Waals surface area contributed by atoms with Crippen molar-refractivity contribution in [3.8, 4) is 5.75 Å². The summed E-state index contributed by atoms with van der Waals surface area (Å²) in [6, 6.07) is 3.02. The van der Waals surface area contributed by atoms with Crippen molar-refractivity contribution in [3.05, 3.63) is 27.7 Å². The van der Waals surface area contributed by atoms with Crippen molar-refractivity contribution in [2.45, 2.75) is 26.1 Å². The fourth-order valence-electron chi connectivity index (χ4n) is 1.93. The second-order valence-electron chi connectivity index (χ2n) is 4.58. The number of rotatable bonds is 6. The maximum Gasteiger partial charge on any atom is 0.344 e. The Hall–Kier alpha value is -1.50. The zero-order valence-electron chi connectivity index (χ0n) is 12.0. The third-order valence-electron chi connectivity index (χ3n) is 3.01.